The maximum atomic E-state index is 11.8. The fourth-order valence-electron chi connectivity index (χ4n) is 2.16. The summed E-state index contributed by atoms with van der Waals surface area (Å²) in [4.78, 5) is 16.1. The van der Waals surface area contributed by atoms with Crippen molar-refractivity contribution in [2.24, 2.45) is 0 Å². The maximum Gasteiger partial charge on any atom is 0.340 e. The van der Waals surface area contributed by atoms with E-state index in [1.54, 1.807) is 18.6 Å². The number of nitrogens with zero attached hydrogens (tertiary/aromatic N) is 2. The molecule has 3 rings (SSSR count). The molecule has 0 atom stereocenters. The number of esters is 1. The summed E-state index contributed by atoms with van der Waals surface area (Å²) in [5.41, 5.74) is 4.09. The third kappa shape index (κ3) is 1.52. The van der Waals surface area contributed by atoms with Gasteiger partial charge in [0.15, 0.2) is 0 Å². The van der Waals surface area contributed by atoms with Gasteiger partial charge in [-0.2, -0.15) is 5.10 Å². The van der Waals surface area contributed by atoms with Crippen molar-refractivity contribution >= 4 is 12.0 Å². The number of rotatable bonds is 2. The minimum absolute atomic E-state index is 0.387. The van der Waals surface area contributed by atoms with E-state index in [-0.39, 0.29) is 5.97 Å². The summed E-state index contributed by atoms with van der Waals surface area (Å²) in [5, 5.41) is 6.69. The molecule has 2 aromatic heterocycles. The Hall–Kier alpha value is -2.43. The van der Waals surface area contributed by atoms with Crippen LogP contribution in [-0.2, 0) is 11.2 Å². The highest BCUT2D eigenvalue weighted by atomic mass is 16.5. The molecule has 1 N–H and O–H groups in total. The van der Waals surface area contributed by atoms with Crippen LogP contribution in [0.1, 0.15) is 21.6 Å². The van der Waals surface area contributed by atoms with Crippen molar-refractivity contribution in [1.82, 2.24) is 15.2 Å². The number of pyridine rings is 1. The van der Waals surface area contributed by atoms with Crippen molar-refractivity contribution < 1.29 is 9.53 Å². The van der Waals surface area contributed by atoms with Gasteiger partial charge in [-0.05, 0) is 0 Å². The van der Waals surface area contributed by atoms with Crippen LogP contribution in [0.25, 0.3) is 17.2 Å². The fourth-order valence-corrected chi connectivity index (χ4v) is 2.16. The maximum absolute atomic E-state index is 11.8. The predicted octanol–water partition coefficient (Wildman–Crippen LogP) is 1.83. The molecule has 5 nitrogen and oxygen atoms in total. The topological polar surface area (TPSA) is 67.9 Å². The predicted molar refractivity (Wildman–Crippen MR) is 65.9 cm³/mol. The van der Waals surface area contributed by atoms with Gasteiger partial charge in [-0.3, -0.25) is 10.1 Å². The van der Waals surface area contributed by atoms with E-state index in [4.69, 9.17) is 4.74 Å². The van der Waals surface area contributed by atoms with Gasteiger partial charge in [0.2, 0.25) is 0 Å². The number of aromatic nitrogens is 3. The van der Waals surface area contributed by atoms with Crippen LogP contribution >= 0.6 is 0 Å². The Morgan fingerprint density at radius 1 is 1.44 bits per heavy atom. The number of methoxy groups -OCH3 is 1. The summed E-state index contributed by atoms with van der Waals surface area (Å²) in [5.74, 6) is -0.387. The lowest BCUT2D eigenvalue weighted by atomic mass is 9.98. The monoisotopic (exact) mass is 241 g/mol. The summed E-state index contributed by atoms with van der Waals surface area (Å²) in [7, 11) is 1.37. The van der Waals surface area contributed by atoms with Gasteiger partial charge in [-0.15, -0.1) is 0 Å². The lowest BCUT2D eigenvalue weighted by Crippen LogP contribution is -2.07. The molecule has 0 saturated carbocycles. The summed E-state index contributed by atoms with van der Waals surface area (Å²) in [6.07, 6.45) is 9.82. The molecule has 0 spiro atoms. The molecule has 0 aliphatic heterocycles. The molecule has 5 heteroatoms. The summed E-state index contributed by atoms with van der Waals surface area (Å²) in [6, 6.07) is 0. The Bertz CT molecular complexity index is 630. The first-order valence-electron chi connectivity index (χ1n) is 5.57. The quantitative estimate of drug-likeness (QED) is 0.814. The Morgan fingerprint density at radius 2 is 2.33 bits per heavy atom. The number of allylic oxidation sites excluding steroid dienone is 1. The van der Waals surface area contributed by atoms with Gasteiger partial charge in [-0.1, -0.05) is 12.2 Å². The number of aromatic amines is 1. The zero-order valence-electron chi connectivity index (χ0n) is 9.80. The number of carbonyl (C=O) groups excluding carboxylic acids is 1. The van der Waals surface area contributed by atoms with Gasteiger partial charge in [0, 0.05) is 35.5 Å². The zero-order valence-corrected chi connectivity index (χ0v) is 9.80. The largest absolute Gasteiger partial charge is 0.465 e. The molecule has 0 radical (unpaired) electrons. The highest BCUT2D eigenvalue weighted by Gasteiger charge is 2.21. The molecule has 0 amide bonds. The third-order valence-corrected chi connectivity index (χ3v) is 2.99. The minimum Gasteiger partial charge on any atom is -0.465 e. The van der Waals surface area contributed by atoms with E-state index < -0.39 is 0 Å². The SMILES string of the molecule is COC(=O)c1cnc2c(c1-c1cn[nH]c1)C=CC2. The average molecular weight is 241 g/mol. The Balaban J connectivity index is 2.28. The second kappa shape index (κ2) is 4.10. The van der Waals surface area contributed by atoms with Gasteiger partial charge in [0.05, 0.1) is 24.6 Å². The van der Waals surface area contributed by atoms with E-state index in [1.807, 2.05) is 12.2 Å². The molecule has 0 aromatic carbocycles. The number of hydrogen-bond donors (Lipinski definition) is 1. The number of ether oxygens (including phenoxy) is 1. The van der Waals surface area contributed by atoms with Crippen molar-refractivity contribution in [3.63, 3.8) is 0 Å². The van der Waals surface area contributed by atoms with E-state index in [0.717, 1.165) is 28.8 Å². The van der Waals surface area contributed by atoms with Crippen molar-refractivity contribution in [1.29, 1.82) is 0 Å². The van der Waals surface area contributed by atoms with E-state index in [9.17, 15) is 4.79 Å². The highest BCUT2D eigenvalue weighted by molar-refractivity contribution is 5.99. The molecule has 0 saturated heterocycles. The lowest BCUT2D eigenvalue weighted by Gasteiger charge is -2.10. The zero-order chi connectivity index (χ0) is 12.5. The molecule has 0 fully saturated rings. The molecule has 90 valence electrons. The highest BCUT2D eigenvalue weighted by Crippen LogP contribution is 2.32. The van der Waals surface area contributed by atoms with Crippen LogP contribution in [0.3, 0.4) is 0 Å². The minimum atomic E-state index is -0.387. The molecule has 0 unspecified atom stereocenters. The van der Waals surface area contributed by atoms with Gasteiger partial charge >= 0.3 is 5.97 Å². The fraction of sp³-hybridized carbons (Fsp3) is 0.154. The van der Waals surface area contributed by atoms with Crippen LogP contribution in [0, 0.1) is 0 Å². The number of H-pyrrole nitrogens is 1. The summed E-state index contributed by atoms with van der Waals surface area (Å²) < 4.78 is 4.80. The van der Waals surface area contributed by atoms with Crippen LogP contribution < -0.4 is 0 Å². The first-order valence-corrected chi connectivity index (χ1v) is 5.57. The van der Waals surface area contributed by atoms with E-state index >= 15 is 0 Å². The molecular formula is C13H11N3O2. The number of nitrogens with one attached hydrogen (secondary N) is 1. The molecular weight excluding hydrogens is 230 g/mol. The van der Waals surface area contributed by atoms with Crippen molar-refractivity contribution in [2.45, 2.75) is 6.42 Å². The van der Waals surface area contributed by atoms with Crippen LogP contribution in [0.2, 0.25) is 0 Å². The van der Waals surface area contributed by atoms with Crippen molar-refractivity contribution in [3.05, 3.63) is 41.5 Å². The van der Waals surface area contributed by atoms with Gasteiger partial charge in [0.1, 0.15) is 0 Å². The summed E-state index contributed by atoms with van der Waals surface area (Å²) >= 11 is 0. The number of fused-ring (bicyclic) bond motifs is 1. The first kappa shape index (κ1) is 10.7. The normalized spacial score (nSPS) is 12.5. The number of carbonyl (C=O) groups is 1. The second-order valence-electron chi connectivity index (χ2n) is 3.99. The van der Waals surface area contributed by atoms with Crippen LogP contribution in [0.15, 0.2) is 24.7 Å². The standard InChI is InChI=1S/C13H11N3O2/c1-18-13(17)10-7-14-11-4-2-3-9(11)12(10)8-5-15-16-6-8/h2-3,5-7H,4H2,1H3,(H,15,16). The van der Waals surface area contributed by atoms with Gasteiger partial charge in [-0.25, -0.2) is 4.79 Å². The van der Waals surface area contributed by atoms with Gasteiger partial charge < -0.3 is 4.74 Å². The molecule has 2 aromatic rings. The average Bonchev–Trinajstić information content (AvgIpc) is 3.07. The van der Waals surface area contributed by atoms with Crippen LogP contribution in [-0.4, -0.2) is 28.3 Å². The Morgan fingerprint density at radius 3 is 3.06 bits per heavy atom. The Kier molecular flexibility index (Phi) is 2.44. The number of hydrogen-bond acceptors (Lipinski definition) is 4. The van der Waals surface area contributed by atoms with Crippen LogP contribution in [0.4, 0.5) is 0 Å². The third-order valence-electron chi connectivity index (χ3n) is 2.99. The molecule has 1 aliphatic rings. The van der Waals surface area contributed by atoms with Crippen molar-refractivity contribution in [2.75, 3.05) is 7.11 Å². The van der Waals surface area contributed by atoms with Gasteiger partial charge in [0.25, 0.3) is 0 Å². The van der Waals surface area contributed by atoms with E-state index in [2.05, 4.69) is 15.2 Å². The molecule has 1 aliphatic carbocycles. The molecule has 2 heterocycles. The first-order chi connectivity index (χ1) is 8.81. The van der Waals surface area contributed by atoms with E-state index in [1.165, 1.54) is 7.11 Å². The molecule has 0 bridgehead atoms. The lowest BCUT2D eigenvalue weighted by molar-refractivity contribution is 0.0601. The van der Waals surface area contributed by atoms with E-state index in [0.29, 0.717) is 5.56 Å². The second-order valence-corrected chi connectivity index (χ2v) is 3.99. The van der Waals surface area contributed by atoms with Crippen molar-refractivity contribution in [3.8, 4) is 11.1 Å². The van der Waals surface area contributed by atoms with Crippen LogP contribution in [0.5, 0.6) is 0 Å². The Labute approximate surface area is 104 Å². The molecule has 18 heavy (non-hydrogen) atoms. The smallest absolute Gasteiger partial charge is 0.340 e. The summed E-state index contributed by atoms with van der Waals surface area (Å²) in [6.45, 7) is 0.